The van der Waals surface area contributed by atoms with Gasteiger partial charge in [-0.3, -0.25) is 4.79 Å². The second kappa shape index (κ2) is 5.72. The molecule has 3 N–H and O–H groups in total. The van der Waals surface area contributed by atoms with E-state index in [1.54, 1.807) is 6.07 Å². The van der Waals surface area contributed by atoms with Gasteiger partial charge in [0.25, 0.3) is 0 Å². The van der Waals surface area contributed by atoms with Gasteiger partial charge in [0.15, 0.2) is 0 Å². The van der Waals surface area contributed by atoms with Crippen LogP contribution in [0.4, 0.5) is 5.69 Å². The summed E-state index contributed by atoms with van der Waals surface area (Å²) in [6.07, 6.45) is 1.02. The number of carbonyl (C=O) groups excluding carboxylic acids is 1. The molecule has 0 saturated carbocycles. The Morgan fingerprint density at radius 2 is 2.19 bits per heavy atom. The maximum absolute atomic E-state index is 11.0. The number of aliphatic hydroxyl groups excluding tert-OH is 1. The zero-order valence-electron chi connectivity index (χ0n) is 8.96. The number of rotatable bonds is 4. The molecule has 88 valence electrons. The van der Waals surface area contributed by atoms with Crippen molar-refractivity contribution in [3.8, 4) is 5.75 Å². The third-order valence-corrected chi connectivity index (χ3v) is 2.47. The SMILES string of the molecule is CC(=O)Nc1c(O)ccc(Cl)c1CCCO. The number of aromatic hydroxyl groups is 1. The van der Waals surface area contributed by atoms with Crippen molar-refractivity contribution in [2.24, 2.45) is 0 Å². The first-order valence-corrected chi connectivity index (χ1v) is 5.33. The molecular formula is C11H14ClNO3. The van der Waals surface area contributed by atoms with Gasteiger partial charge in [-0.1, -0.05) is 11.6 Å². The molecule has 0 aliphatic rings. The number of anilines is 1. The summed E-state index contributed by atoms with van der Waals surface area (Å²) in [7, 11) is 0. The van der Waals surface area contributed by atoms with Gasteiger partial charge in [-0.25, -0.2) is 0 Å². The van der Waals surface area contributed by atoms with Crippen LogP contribution >= 0.6 is 11.6 Å². The summed E-state index contributed by atoms with van der Waals surface area (Å²) in [6, 6.07) is 2.99. The molecule has 0 unspecified atom stereocenters. The highest BCUT2D eigenvalue weighted by Crippen LogP contribution is 2.33. The van der Waals surface area contributed by atoms with E-state index in [1.165, 1.54) is 13.0 Å². The smallest absolute Gasteiger partial charge is 0.221 e. The van der Waals surface area contributed by atoms with Crippen LogP contribution < -0.4 is 5.32 Å². The van der Waals surface area contributed by atoms with Crippen molar-refractivity contribution < 1.29 is 15.0 Å². The number of amides is 1. The number of carbonyl (C=O) groups is 1. The molecule has 16 heavy (non-hydrogen) atoms. The van der Waals surface area contributed by atoms with E-state index in [9.17, 15) is 9.90 Å². The van der Waals surface area contributed by atoms with E-state index < -0.39 is 0 Å². The fourth-order valence-corrected chi connectivity index (χ4v) is 1.68. The van der Waals surface area contributed by atoms with Crippen LogP contribution in [-0.4, -0.2) is 22.7 Å². The van der Waals surface area contributed by atoms with Gasteiger partial charge in [0.05, 0.1) is 5.69 Å². The summed E-state index contributed by atoms with van der Waals surface area (Å²) in [6.45, 7) is 1.39. The number of benzene rings is 1. The third-order valence-electron chi connectivity index (χ3n) is 2.12. The molecule has 5 heteroatoms. The van der Waals surface area contributed by atoms with Crippen molar-refractivity contribution in [1.29, 1.82) is 0 Å². The highest BCUT2D eigenvalue weighted by molar-refractivity contribution is 6.32. The second-order valence-corrected chi connectivity index (χ2v) is 3.84. The predicted molar refractivity (Wildman–Crippen MR) is 62.8 cm³/mol. The number of hydrogen-bond acceptors (Lipinski definition) is 3. The molecule has 0 heterocycles. The van der Waals surface area contributed by atoms with Crippen molar-refractivity contribution in [3.63, 3.8) is 0 Å². The molecule has 0 aliphatic heterocycles. The van der Waals surface area contributed by atoms with Crippen LogP contribution in [0, 0.1) is 0 Å². The number of nitrogens with one attached hydrogen (secondary N) is 1. The monoisotopic (exact) mass is 243 g/mol. The summed E-state index contributed by atoms with van der Waals surface area (Å²) in [5.74, 6) is -0.296. The maximum Gasteiger partial charge on any atom is 0.221 e. The predicted octanol–water partition coefficient (Wildman–Crippen LogP) is 1.93. The largest absolute Gasteiger partial charge is 0.506 e. The summed E-state index contributed by atoms with van der Waals surface area (Å²) in [5, 5.41) is 21.4. The molecule has 0 atom stereocenters. The van der Waals surface area contributed by atoms with Crippen LogP contribution in [0.2, 0.25) is 5.02 Å². The van der Waals surface area contributed by atoms with E-state index in [1.807, 2.05) is 0 Å². The van der Waals surface area contributed by atoms with Crippen molar-refractivity contribution in [3.05, 3.63) is 22.7 Å². The Morgan fingerprint density at radius 1 is 1.50 bits per heavy atom. The third kappa shape index (κ3) is 3.12. The topological polar surface area (TPSA) is 69.6 Å². The molecule has 0 saturated heterocycles. The van der Waals surface area contributed by atoms with Gasteiger partial charge >= 0.3 is 0 Å². The summed E-state index contributed by atoms with van der Waals surface area (Å²) < 4.78 is 0. The zero-order chi connectivity index (χ0) is 12.1. The summed E-state index contributed by atoms with van der Waals surface area (Å²) >= 11 is 5.98. The lowest BCUT2D eigenvalue weighted by Crippen LogP contribution is -2.09. The van der Waals surface area contributed by atoms with Crippen LogP contribution in [0.3, 0.4) is 0 Å². The Kier molecular flexibility index (Phi) is 4.58. The lowest BCUT2D eigenvalue weighted by Gasteiger charge is -2.13. The van der Waals surface area contributed by atoms with Crippen molar-refractivity contribution >= 4 is 23.2 Å². The maximum atomic E-state index is 11.0. The van der Waals surface area contributed by atoms with E-state index >= 15 is 0 Å². The van der Waals surface area contributed by atoms with Crippen LogP contribution in [0.1, 0.15) is 18.9 Å². The summed E-state index contributed by atoms with van der Waals surface area (Å²) in [4.78, 5) is 11.0. The van der Waals surface area contributed by atoms with Gasteiger partial charge in [-0.15, -0.1) is 0 Å². The minimum Gasteiger partial charge on any atom is -0.506 e. The van der Waals surface area contributed by atoms with Crippen LogP contribution in [0.5, 0.6) is 5.75 Å². The first-order valence-electron chi connectivity index (χ1n) is 4.95. The molecule has 0 aliphatic carbocycles. The lowest BCUT2D eigenvalue weighted by molar-refractivity contribution is -0.114. The molecular weight excluding hydrogens is 230 g/mol. The first-order chi connectivity index (χ1) is 7.56. The van der Waals surface area contributed by atoms with E-state index in [4.69, 9.17) is 16.7 Å². The fourth-order valence-electron chi connectivity index (χ4n) is 1.43. The van der Waals surface area contributed by atoms with Crippen molar-refractivity contribution in [2.45, 2.75) is 19.8 Å². The lowest BCUT2D eigenvalue weighted by atomic mass is 10.1. The Morgan fingerprint density at radius 3 is 2.75 bits per heavy atom. The van der Waals surface area contributed by atoms with Gasteiger partial charge < -0.3 is 15.5 Å². The van der Waals surface area contributed by atoms with Crippen LogP contribution in [0.15, 0.2) is 12.1 Å². The Hall–Kier alpha value is -1.26. The van der Waals surface area contributed by atoms with E-state index in [-0.39, 0.29) is 18.3 Å². The molecule has 0 spiro atoms. The minimum absolute atomic E-state index is 0.0208. The Balaban J connectivity index is 3.09. The average Bonchev–Trinajstić information content (AvgIpc) is 2.22. The highest BCUT2D eigenvalue weighted by Gasteiger charge is 2.12. The molecule has 1 aromatic rings. The Bertz CT molecular complexity index is 393. The van der Waals surface area contributed by atoms with Crippen LogP contribution in [-0.2, 0) is 11.2 Å². The standard InChI is InChI=1S/C11H14ClNO3/c1-7(15)13-11-8(3-2-6-14)9(12)4-5-10(11)16/h4-5,14,16H,2-3,6H2,1H3,(H,13,15). The van der Waals surface area contributed by atoms with E-state index in [2.05, 4.69) is 5.32 Å². The molecule has 0 bridgehead atoms. The molecule has 1 aromatic carbocycles. The number of aliphatic hydroxyl groups is 1. The first kappa shape index (κ1) is 12.8. The van der Waals surface area contributed by atoms with Crippen molar-refractivity contribution in [1.82, 2.24) is 0 Å². The van der Waals surface area contributed by atoms with Gasteiger partial charge in [0, 0.05) is 18.6 Å². The normalized spacial score (nSPS) is 10.2. The van der Waals surface area contributed by atoms with Gasteiger partial charge in [0.2, 0.25) is 5.91 Å². The number of phenols is 1. The van der Waals surface area contributed by atoms with Gasteiger partial charge in [-0.05, 0) is 30.5 Å². The minimum atomic E-state index is -0.275. The van der Waals surface area contributed by atoms with Crippen molar-refractivity contribution in [2.75, 3.05) is 11.9 Å². The Labute approximate surface area is 98.9 Å². The summed E-state index contributed by atoms with van der Waals surface area (Å²) in [5.41, 5.74) is 0.972. The average molecular weight is 244 g/mol. The molecule has 0 fully saturated rings. The van der Waals surface area contributed by atoms with E-state index in [0.29, 0.717) is 29.1 Å². The number of hydrogen-bond donors (Lipinski definition) is 3. The molecule has 0 radical (unpaired) electrons. The van der Waals surface area contributed by atoms with E-state index in [0.717, 1.165) is 0 Å². The molecule has 0 aromatic heterocycles. The fraction of sp³-hybridized carbons (Fsp3) is 0.364. The highest BCUT2D eigenvalue weighted by atomic mass is 35.5. The number of phenolic OH excluding ortho intramolecular Hbond substituents is 1. The molecule has 4 nitrogen and oxygen atoms in total. The zero-order valence-corrected chi connectivity index (χ0v) is 9.71. The molecule has 1 amide bonds. The number of halogens is 1. The van der Waals surface area contributed by atoms with Crippen LogP contribution in [0.25, 0.3) is 0 Å². The van der Waals surface area contributed by atoms with Gasteiger partial charge in [-0.2, -0.15) is 0 Å². The quantitative estimate of drug-likeness (QED) is 0.708. The van der Waals surface area contributed by atoms with Gasteiger partial charge in [0.1, 0.15) is 5.75 Å². The second-order valence-electron chi connectivity index (χ2n) is 3.43. The molecule has 1 rings (SSSR count).